The maximum atomic E-state index is 6.11. The molecule has 4 nitrogen and oxygen atoms in total. The van der Waals surface area contributed by atoms with E-state index in [4.69, 9.17) is 10.5 Å². The predicted molar refractivity (Wildman–Crippen MR) is 87.0 cm³/mol. The average Bonchev–Trinajstić information content (AvgIpc) is 3.05. The predicted octanol–water partition coefficient (Wildman–Crippen LogP) is 2.09. The van der Waals surface area contributed by atoms with Gasteiger partial charge in [0, 0.05) is 44.0 Å². The molecule has 0 aromatic heterocycles. The molecule has 1 aromatic carbocycles. The van der Waals surface area contributed by atoms with Gasteiger partial charge in [0.05, 0.1) is 7.11 Å². The van der Waals surface area contributed by atoms with Crippen LogP contribution >= 0.6 is 0 Å². The summed E-state index contributed by atoms with van der Waals surface area (Å²) in [7, 11) is 1.71. The molecule has 1 saturated heterocycles. The number of nitrogens with zero attached hydrogens (tertiary/aromatic N) is 2. The van der Waals surface area contributed by atoms with Gasteiger partial charge in [0.15, 0.2) is 0 Å². The molecule has 116 valence electrons. The third kappa shape index (κ3) is 2.87. The summed E-state index contributed by atoms with van der Waals surface area (Å²) < 4.78 is 5.23. The molecule has 0 unspecified atom stereocenters. The normalized spacial score (nSPS) is 22.5. The third-order valence-electron chi connectivity index (χ3n) is 5.30. The Balaban J connectivity index is 1.61. The van der Waals surface area contributed by atoms with Gasteiger partial charge in [-0.15, -0.1) is 0 Å². The van der Waals surface area contributed by atoms with Crippen LogP contribution < -0.4 is 15.4 Å². The minimum Gasteiger partial charge on any atom is -0.497 e. The van der Waals surface area contributed by atoms with E-state index in [-0.39, 0.29) is 0 Å². The molecule has 2 fully saturated rings. The topological polar surface area (TPSA) is 41.7 Å². The van der Waals surface area contributed by atoms with Crippen LogP contribution in [0.5, 0.6) is 5.75 Å². The van der Waals surface area contributed by atoms with Crippen molar-refractivity contribution in [1.82, 2.24) is 4.90 Å². The van der Waals surface area contributed by atoms with Gasteiger partial charge < -0.3 is 15.4 Å². The summed E-state index contributed by atoms with van der Waals surface area (Å²) in [4.78, 5) is 5.12. The van der Waals surface area contributed by atoms with Crippen molar-refractivity contribution in [2.24, 2.45) is 5.73 Å². The van der Waals surface area contributed by atoms with Crippen LogP contribution in [-0.4, -0.2) is 50.3 Å². The second-order valence-electron chi connectivity index (χ2n) is 6.31. The Morgan fingerprint density at radius 3 is 2.19 bits per heavy atom. The highest BCUT2D eigenvalue weighted by Crippen LogP contribution is 2.35. The zero-order valence-electron chi connectivity index (χ0n) is 13.1. The van der Waals surface area contributed by atoms with Crippen molar-refractivity contribution in [3.8, 4) is 5.75 Å². The van der Waals surface area contributed by atoms with Crippen LogP contribution in [0.2, 0.25) is 0 Å². The van der Waals surface area contributed by atoms with Gasteiger partial charge in [-0.2, -0.15) is 0 Å². The van der Waals surface area contributed by atoms with Crippen molar-refractivity contribution in [1.29, 1.82) is 0 Å². The zero-order valence-corrected chi connectivity index (χ0v) is 13.1. The monoisotopic (exact) mass is 289 g/mol. The van der Waals surface area contributed by atoms with E-state index in [1.54, 1.807) is 7.11 Å². The average molecular weight is 289 g/mol. The fraction of sp³-hybridized carbons (Fsp3) is 0.647. The molecule has 2 aliphatic rings. The zero-order chi connectivity index (χ0) is 14.7. The Kier molecular flexibility index (Phi) is 4.36. The van der Waals surface area contributed by atoms with Crippen LogP contribution in [0.3, 0.4) is 0 Å². The summed E-state index contributed by atoms with van der Waals surface area (Å²) in [5.74, 6) is 0.922. The summed E-state index contributed by atoms with van der Waals surface area (Å²) in [6.07, 6.45) is 5.25. The van der Waals surface area contributed by atoms with Crippen LogP contribution in [0.15, 0.2) is 24.3 Å². The molecule has 0 amide bonds. The first-order chi connectivity index (χ1) is 10.3. The highest BCUT2D eigenvalue weighted by molar-refractivity contribution is 5.49. The lowest BCUT2D eigenvalue weighted by Gasteiger charge is -2.46. The largest absolute Gasteiger partial charge is 0.497 e. The number of nitrogens with two attached hydrogens (primary N) is 1. The minimum absolute atomic E-state index is 0.298. The molecule has 1 aliphatic carbocycles. The summed E-state index contributed by atoms with van der Waals surface area (Å²) >= 11 is 0. The molecule has 1 aliphatic heterocycles. The first kappa shape index (κ1) is 14.7. The number of hydrogen-bond donors (Lipinski definition) is 1. The Hall–Kier alpha value is -1.26. The van der Waals surface area contributed by atoms with Crippen molar-refractivity contribution < 1.29 is 4.74 Å². The molecule has 0 radical (unpaired) electrons. The van der Waals surface area contributed by atoms with Crippen molar-refractivity contribution >= 4 is 5.69 Å². The molecule has 0 spiro atoms. The van der Waals surface area contributed by atoms with E-state index in [9.17, 15) is 0 Å². The number of ether oxygens (including phenoxy) is 1. The number of hydrogen-bond acceptors (Lipinski definition) is 4. The molecule has 3 rings (SSSR count). The molecule has 4 heteroatoms. The Bertz CT molecular complexity index is 446. The van der Waals surface area contributed by atoms with Crippen LogP contribution in [0.1, 0.15) is 25.7 Å². The SMILES string of the molecule is COc1ccc(N2CCN(C3(CN)CCCC3)CC2)cc1. The molecule has 2 N–H and O–H groups in total. The maximum Gasteiger partial charge on any atom is 0.119 e. The van der Waals surface area contributed by atoms with Crippen LogP contribution in [0.25, 0.3) is 0 Å². The highest BCUT2D eigenvalue weighted by Gasteiger charge is 2.39. The third-order valence-corrected chi connectivity index (χ3v) is 5.30. The second kappa shape index (κ2) is 6.24. The molecule has 0 bridgehead atoms. The van der Waals surface area contributed by atoms with Gasteiger partial charge in [-0.3, -0.25) is 4.90 Å². The van der Waals surface area contributed by atoms with Crippen molar-refractivity contribution in [3.05, 3.63) is 24.3 Å². The maximum absolute atomic E-state index is 6.11. The summed E-state index contributed by atoms with van der Waals surface area (Å²) in [5, 5.41) is 0. The standard InChI is InChI=1S/C17H27N3O/c1-21-16-6-4-15(5-7-16)19-10-12-20(13-11-19)17(14-18)8-2-3-9-17/h4-7H,2-3,8-14,18H2,1H3. The lowest BCUT2D eigenvalue weighted by Crippen LogP contribution is -2.59. The van der Waals surface area contributed by atoms with Gasteiger partial charge in [0.25, 0.3) is 0 Å². The fourth-order valence-electron chi connectivity index (χ4n) is 3.91. The smallest absolute Gasteiger partial charge is 0.119 e. The molecule has 0 atom stereocenters. The van der Waals surface area contributed by atoms with Crippen LogP contribution in [-0.2, 0) is 0 Å². The van der Waals surface area contributed by atoms with Crippen molar-refractivity contribution in [2.45, 2.75) is 31.2 Å². The van der Waals surface area contributed by atoms with Crippen molar-refractivity contribution in [2.75, 3.05) is 44.7 Å². The van der Waals surface area contributed by atoms with Gasteiger partial charge >= 0.3 is 0 Å². The van der Waals surface area contributed by atoms with E-state index in [0.717, 1.165) is 38.5 Å². The second-order valence-corrected chi connectivity index (χ2v) is 6.31. The van der Waals surface area contributed by atoms with E-state index in [2.05, 4.69) is 21.9 Å². The van der Waals surface area contributed by atoms with Gasteiger partial charge in [-0.1, -0.05) is 12.8 Å². The van der Waals surface area contributed by atoms with E-state index in [1.165, 1.54) is 31.4 Å². The molecular weight excluding hydrogens is 262 g/mol. The first-order valence-electron chi connectivity index (χ1n) is 8.11. The summed E-state index contributed by atoms with van der Waals surface area (Å²) in [6.45, 7) is 5.25. The molecule has 1 saturated carbocycles. The number of anilines is 1. The molecule has 21 heavy (non-hydrogen) atoms. The first-order valence-corrected chi connectivity index (χ1v) is 8.11. The molecule has 1 heterocycles. The Morgan fingerprint density at radius 1 is 1.05 bits per heavy atom. The summed E-state index contributed by atoms with van der Waals surface area (Å²) in [6, 6.07) is 8.39. The highest BCUT2D eigenvalue weighted by atomic mass is 16.5. The van der Waals surface area contributed by atoms with Gasteiger partial charge in [-0.25, -0.2) is 0 Å². The lowest BCUT2D eigenvalue weighted by molar-refractivity contribution is 0.0921. The number of piperazine rings is 1. The lowest BCUT2D eigenvalue weighted by atomic mass is 9.94. The fourth-order valence-corrected chi connectivity index (χ4v) is 3.91. The quantitative estimate of drug-likeness (QED) is 0.921. The van der Waals surface area contributed by atoms with E-state index in [1.807, 2.05) is 12.1 Å². The van der Waals surface area contributed by atoms with E-state index >= 15 is 0 Å². The summed E-state index contributed by atoms with van der Waals surface area (Å²) in [5.41, 5.74) is 7.70. The van der Waals surface area contributed by atoms with Crippen LogP contribution in [0, 0.1) is 0 Å². The van der Waals surface area contributed by atoms with Crippen LogP contribution in [0.4, 0.5) is 5.69 Å². The number of benzene rings is 1. The number of rotatable bonds is 4. The van der Waals surface area contributed by atoms with E-state index in [0.29, 0.717) is 5.54 Å². The number of methoxy groups -OCH3 is 1. The van der Waals surface area contributed by atoms with Crippen molar-refractivity contribution in [3.63, 3.8) is 0 Å². The van der Waals surface area contributed by atoms with Gasteiger partial charge in [0.1, 0.15) is 5.75 Å². The van der Waals surface area contributed by atoms with Gasteiger partial charge in [0.2, 0.25) is 0 Å². The van der Waals surface area contributed by atoms with Gasteiger partial charge in [-0.05, 0) is 37.1 Å². The Labute approximate surface area is 127 Å². The molecular formula is C17H27N3O. The minimum atomic E-state index is 0.298. The molecule has 1 aromatic rings. The van der Waals surface area contributed by atoms with E-state index < -0.39 is 0 Å². The Morgan fingerprint density at radius 2 is 1.67 bits per heavy atom.